The third-order valence-electron chi connectivity index (χ3n) is 6.55. The zero-order chi connectivity index (χ0) is 27.1. The number of hydrogen-bond donors (Lipinski definition) is 1. The average molecular weight is 529 g/mol. The van der Waals surface area contributed by atoms with Crippen LogP contribution >= 0.6 is 0 Å². The van der Waals surface area contributed by atoms with Crippen molar-refractivity contribution in [2.75, 3.05) is 24.5 Å². The largest absolute Gasteiger partial charge is 0.573 e. The number of ether oxygens (including phenoxy) is 1. The van der Waals surface area contributed by atoms with E-state index in [1.807, 2.05) is 30.0 Å². The van der Waals surface area contributed by atoms with E-state index in [-0.39, 0.29) is 12.2 Å². The number of fused-ring (bicyclic) bond motifs is 1. The summed E-state index contributed by atoms with van der Waals surface area (Å²) in [7, 11) is 0. The first-order valence-electron chi connectivity index (χ1n) is 12.7. The zero-order valence-corrected chi connectivity index (χ0v) is 21.2. The molecule has 0 aliphatic carbocycles. The van der Waals surface area contributed by atoms with Crippen molar-refractivity contribution < 1.29 is 27.8 Å². The van der Waals surface area contributed by atoms with E-state index < -0.39 is 12.3 Å². The molecule has 0 fully saturated rings. The Labute approximate surface area is 219 Å². The second kappa shape index (κ2) is 12.3. The van der Waals surface area contributed by atoms with Gasteiger partial charge in [0, 0.05) is 37.7 Å². The molecular weight excluding hydrogens is 497 g/mol. The summed E-state index contributed by atoms with van der Waals surface area (Å²) in [6.45, 7) is 5.22. The van der Waals surface area contributed by atoms with E-state index in [0.29, 0.717) is 18.2 Å². The Kier molecular flexibility index (Phi) is 8.83. The standard InChI is InChI=1S/C28H31F3N4O3/c1-2-20-17-32-27(33-18-20)35(24-7-9-25(10-8-24)38-28(29,30)31)13-4-3-12-34-14-11-22-6-5-21(16-26(36)37)15-23(22)19-34/h5-10,15,17-18H,2-4,11-14,16,19H2,1H3,(H,36,37). The van der Waals surface area contributed by atoms with Crippen LogP contribution in [0.1, 0.15) is 42.0 Å². The average Bonchev–Trinajstić information content (AvgIpc) is 2.88. The van der Waals surface area contributed by atoms with Crippen LogP contribution in [0.15, 0.2) is 54.9 Å². The molecule has 2 heterocycles. The lowest BCUT2D eigenvalue weighted by atomic mass is 9.96. The molecule has 10 heteroatoms. The fourth-order valence-corrected chi connectivity index (χ4v) is 4.59. The highest BCUT2D eigenvalue weighted by Crippen LogP contribution is 2.28. The number of anilines is 2. The number of nitrogens with zero attached hydrogens (tertiary/aromatic N) is 4. The van der Waals surface area contributed by atoms with Gasteiger partial charge in [-0.25, -0.2) is 9.97 Å². The van der Waals surface area contributed by atoms with Crippen molar-refractivity contribution in [3.8, 4) is 5.75 Å². The van der Waals surface area contributed by atoms with Gasteiger partial charge in [0.25, 0.3) is 0 Å². The second-order valence-corrected chi connectivity index (χ2v) is 9.35. The number of rotatable bonds is 11. The molecular formula is C28H31F3N4O3. The number of aromatic nitrogens is 2. The molecule has 0 saturated carbocycles. The minimum absolute atomic E-state index is 0.0216. The van der Waals surface area contributed by atoms with Crippen molar-refractivity contribution in [3.05, 3.63) is 77.1 Å². The van der Waals surface area contributed by atoms with Gasteiger partial charge in [0.2, 0.25) is 5.95 Å². The van der Waals surface area contributed by atoms with Crippen molar-refractivity contribution in [2.45, 2.75) is 51.9 Å². The molecule has 0 amide bonds. The van der Waals surface area contributed by atoms with Gasteiger partial charge in [-0.05, 0) is 78.7 Å². The van der Waals surface area contributed by atoms with Crippen molar-refractivity contribution in [2.24, 2.45) is 0 Å². The van der Waals surface area contributed by atoms with Crippen LogP contribution in [0.2, 0.25) is 0 Å². The molecule has 0 atom stereocenters. The SMILES string of the molecule is CCc1cnc(N(CCCCN2CCc3ccc(CC(=O)O)cc3C2)c2ccc(OC(F)(F)F)cc2)nc1. The van der Waals surface area contributed by atoms with Crippen molar-refractivity contribution in [1.82, 2.24) is 14.9 Å². The van der Waals surface area contributed by atoms with Gasteiger partial charge in [0.05, 0.1) is 6.42 Å². The Morgan fingerprint density at radius 2 is 1.79 bits per heavy atom. The predicted octanol–water partition coefficient (Wildman–Crippen LogP) is 5.54. The van der Waals surface area contributed by atoms with Crippen molar-refractivity contribution in [1.29, 1.82) is 0 Å². The summed E-state index contributed by atoms with van der Waals surface area (Å²) in [4.78, 5) is 24.3. The highest BCUT2D eigenvalue weighted by atomic mass is 19.4. The number of hydrogen-bond acceptors (Lipinski definition) is 6. The quantitative estimate of drug-likeness (QED) is 0.327. The van der Waals surface area contributed by atoms with Crippen LogP contribution in [-0.4, -0.2) is 51.9 Å². The molecule has 1 aliphatic rings. The highest BCUT2D eigenvalue weighted by molar-refractivity contribution is 5.70. The van der Waals surface area contributed by atoms with E-state index in [1.165, 1.54) is 23.3 Å². The van der Waals surface area contributed by atoms with E-state index in [9.17, 15) is 18.0 Å². The molecule has 3 aromatic rings. The van der Waals surface area contributed by atoms with Crippen LogP contribution in [-0.2, 0) is 30.6 Å². The number of benzene rings is 2. The summed E-state index contributed by atoms with van der Waals surface area (Å²) in [5.41, 5.74) is 4.95. The van der Waals surface area contributed by atoms with Crippen molar-refractivity contribution in [3.63, 3.8) is 0 Å². The van der Waals surface area contributed by atoms with Crippen LogP contribution in [0, 0.1) is 0 Å². The number of carboxylic acid groups (broad SMARTS) is 1. The number of alkyl halides is 3. The number of carbonyl (C=O) groups is 1. The molecule has 202 valence electrons. The van der Waals surface area contributed by atoms with Gasteiger partial charge in [-0.2, -0.15) is 0 Å². The van der Waals surface area contributed by atoms with E-state index >= 15 is 0 Å². The zero-order valence-electron chi connectivity index (χ0n) is 21.2. The number of unbranched alkanes of at least 4 members (excludes halogenated alkanes) is 1. The molecule has 4 rings (SSSR count). The molecule has 0 bridgehead atoms. The van der Waals surface area contributed by atoms with Gasteiger partial charge in [0.1, 0.15) is 5.75 Å². The second-order valence-electron chi connectivity index (χ2n) is 9.35. The summed E-state index contributed by atoms with van der Waals surface area (Å²) in [6.07, 6.45) is 2.27. The molecule has 0 saturated heterocycles. The van der Waals surface area contributed by atoms with Gasteiger partial charge in [-0.1, -0.05) is 25.1 Å². The molecule has 0 unspecified atom stereocenters. The maximum absolute atomic E-state index is 12.6. The van der Waals surface area contributed by atoms with Gasteiger partial charge in [0.15, 0.2) is 0 Å². The van der Waals surface area contributed by atoms with Gasteiger partial charge < -0.3 is 14.7 Å². The van der Waals surface area contributed by atoms with Gasteiger partial charge in [-0.15, -0.1) is 13.2 Å². The lowest BCUT2D eigenvalue weighted by Gasteiger charge is -2.29. The summed E-state index contributed by atoms with van der Waals surface area (Å²) >= 11 is 0. The third kappa shape index (κ3) is 7.67. The Morgan fingerprint density at radius 1 is 1.05 bits per heavy atom. The number of aliphatic carboxylic acids is 1. The molecule has 7 nitrogen and oxygen atoms in total. The highest BCUT2D eigenvalue weighted by Gasteiger charge is 2.31. The third-order valence-corrected chi connectivity index (χ3v) is 6.55. The minimum Gasteiger partial charge on any atom is -0.481 e. The van der Waals surface area contributed by atoms with E-state index in [0.717, 1.165) is 56.4 Å². The van der Waals surface area contributed by atoms with Gasteiger partial charge in [-0.3, -0.25) is 9.69 Å². The summed E-state index contributed by atoms with van der Waals surface area (Å²) in [5, 5.41) is 9.09. The molecule has 0 radical (unpaired) electrons. The predicted molar refractivity (Wildman–Crippen MR) is 138 cm³/mol. The topological polar surface area (TPSA) is 78.8 Å². The number of aryl methyl sites for hydroxylation is 1. The fourth-order valence-electron chi connectivity index (χ4n) is 4.59. The Hall–Kier alpha value is -3.66. The van der Waals surface area contributed by atoms with Crippen LogP contribution in [0.3, 0.4) is 0 Å². The van der Waals surface area contributed by atoms with E-state index in [2.05, 4.69) is 19.6 Å². The maximum atomic E-state index is 12.6. The maximum Gasteiger partial charge on any atom is 0.573 e. The first-order valence-corrected chi connectivity index (χ1v) is 12.7. The Balaban J connectivity index is 1.38. The fraction of sp³-hybridized carbons (Fsp3) is 0.393. The van der Waals surface area contributed by atoms with Crippen LogP contribution < -0.4 is 9.64 Å². The number of halogens is 3. The van der Waals surface area contributed by atoms with E-state index in [4.69, 9.17) is 5.11 Å². The summed E-state index contributed by atoms with van der Waals surface area (Å²) < 4.78 is 41.7. The first-order chi connectivity index (χ1) is 18.2. The van der Waals surface area contributed by atoms with Gasteiger partial charge >= 0.3 is 12.3 Å². The monoisotopic (exact) mass is 528 g/mol. The summed E-state index contributed by atoms with van der Waals surface area (Å²) in [5.74, 6) is -0.622. The minimum atomic E-state index is -4.74. The van der Waals surface area contributed by atoms with Crippen LogP contribution in [0.4, 0.5) is 24.8 Å². The van der Waals surface area contributed by atoms with Crippen LogP contribution in [0.25, 0.3) is 0 Å². The molecule has 0 spiro atoms. The van der Waals surface area contributed by atoms with Crippen molar-refractivity contribution >= 4 is 17.6 Å². The molecule has 38 heavy (non-hydrogen) atoms. The Bertz CT molecular complexity index is 1220. The number of carboxylic acids is 1. The Morgan fingerprint density at radius 3 is 2.45 bits per heavy atom. The van der Waals surface area contributed by atoms with E-state index in [1.54, 1.807) is 24.5 Å². The molecule has 1 aromatic heterocycles. The summed E-state index contributed by atoms with van der Waals surface area (Å²) in [6, 6.07) is 11.7. The molecule has 1 N–H and O–H groups in total. The lowest BCUT2D eigenvalue weighted by molar-refractivity contribution is -0.274. The van der Waals surface area contributed by atoms with Crippen LogP contribution in [0.5, 0.6) is 5.75 Å². The molecule has 1 aliphatic heterocycles. The smallest absolute Gasteiger partial charge is 0.481 e. The normalized spacial score (nSPS) is 13.7. The lowest BCUT2D eigenvalue weighted by Crippen LogP contribution is -2.32. The first kappa shape index (κ1) is 27.4. The molecule has 2 aromatic carbocycles.